The zero-order valence-electron chi connectivity index (χ0n) is 9.80. The average molecular weight is 280 g/mol. The van der Waals surface area contributed by atoms with Gasteiger partial charge >= 0.3 is 0 Å². The van der Waals surface area contributed by atoms with Gasteiger partial charge in [0.05, 0.1) is 11.0 Å². The van der Waals surface area contributed by atoms with Crippen LogP contribution >= 0.6 is 11.6 Å². The van der Waals surface area contributed by atoms with Gasteiger partial charge in [-0.25, -0.2) is 0 Å². The molecule has 19 heavy (non-hydrogen) atoms. The third-order valence-corrected chi connectivity index (χ3v) is 3.09. The van der Waals surface area contributed by atoms with Crippen molar-refractivity contribution in [2.45, 2.75) is 18.9 Å². The van der Waals surface area contributed by atoms with Crippen LogP contribution in [0.4, 0.5) is 5.69 Å². The summed E-state index contributed by atoms with van der Waals surface area (Å²) in [6, 6.07) is 5.12. The highest BCUT2D eigenvalue weighted by Crippen LogP contribution is 2.32. The number of amides is 1. The molecule has 1 aromatic carbocycles. The van der Waals surface area contributed by atoms with Crippen LogP contribution in [0, 0.1) is 27.4 Å². The van der Waals surface area contributed by atoms with Gasteiger partial charge in [-0.2, -0.15) is 5.26 Å². The first-order chi connectivity index (χ1) is 9.01. The maximum atomic E-state index is 11.9. The van der Waals surface area contributed by atoms with Crippen LogP contribution in [0.15, 0.2) is 18.2 Å². The number of hydrogen-bond donors (Lipinski definition) is 1. The molecule has 0 bridgehead atoms. The highest BCUT2D eigenvalue weighted by molar-refractivity contribution is 6.31. The van der Waals surface area contributed by atoms with Crippen molar-refractivity contribution in [3.05, 3.63) is 38.9 Å². The normalized spacial score (nSPS) is 15.4. The fraction of sp³-hybridized carbons (Fsp3) is 0.333. The van der Waals surface area contributed by atoms with Crippen molar-refractivity contribution in [2.75, 3.05) is 0 Å². The Hall–Kier alpha value is -2.13. The Morgan fingerprint density at radius 1 is 1.53 bits per heavy atom. The monoisotopic (exact) mass is 279 g/mol. The molecular weight excluding hydrogens is 270 g/mol. The van der Waals surface area contributed by atoms with E-state index in [0.29, 0.717) is 0 Å². The van der Waals surface area contributed by atoms with Crippen molar-refractivity contribution in [1.29, 1.82) is 5.26 Å². The first-order valence-electron chi connectivity index (χ1n) is 5.66. The molecule has 1 aromatic rings. The number of benzene rings is 1. The van der Waals surface area contributed by atoms with E-state index < -0.39 is 16.9 Å². The van der Waals surface area contributed by atoms with Crippen molar-refractivity contribution in [3.63, 3.8) is 0 Å². The quantitative estimate of drug-likeness (QED) is 0.675. The number of rotatable bonds is 4. The summed E-state index contributed by atoms with van der Waals surface area (Å²) in [6.45, 7) is 0. The van der Waals surface area contributed by atoms with Crippen LogP contribution in [0.3, 0.4) is 0 Å². The van der Waals surface area contributed by atoms with Gasteiger partial charge in [0.1, 0.15) is 6.04 Å². The Balaban J connectivity index is 2.18. The number of nitro groups is 1. The summed E-state index contributed by atoms with van der Waals surface area (Å²) in [5.41, 5.74) is -0.169. The third-order valence-electron chi connectivity index (χ3n) is 2.87. The highest BCUT2D eigenvalue weighted by atomic mass is 35.5. The molecule has 1 fully saturated rings. The molecular formula is C12H10ClN3O3. The molecule has 6 nitrogen and oxygen atoms in total. The molecule has 2 rings (SSSR count). The molecule has 1 saturated carbocycles. The predicted octanol–water partition coefficient (Wildman–Crippen LogP) is 2.28. The first-order valence-corrected chi connectivity index (χ1v) is 6.04. The van der Waals surface area contributed by atoms with Gasteiger partial charge in [0.2, 0.25) is 0 Å². The topological polar surface area (TPSA) is 96.0 Å². The molecule has 1 N–H and O–H groups in total. The number of hydrogen-bond acceptors (Lipinski definition) is 4. The molecule has 1 unspecified atom stereocenters. The minimum absolute atomic E-state index is 0.0834. The van der Waals surface area contributed by atoms with Crippen LogP contribution in [0.2, 0.25) is 5.02 Å². The van der Waals surface area contributed by atoms with Gasteiger partial charge in [-0.05, 0) is 24.8 Å². The summed E-state index contributed by atoms with van der Waals surface area (Å²) in [7, 11) is 0. The summed E-state index contributed by atoms with van der Waals surface area (Å²) in [5.74, 6) is -0.341. The van der Waals surface area contributed by atoms with E-state index in [1.807, 2.05) is 6.07 Å². The van der Waals surface area contributed by atoms with Crippen molar-refractivity contribution in [3.8, 4) is 6.07 Å². The Bertz CT molecular complexity index is 578. The van der Waals surface area contributed by atoms with E-state index in [1.54, 1.807) is 0 Å². The van der Waals surface area contributed by atoms with E-state index in [2.05, 4.69) is 5.32 Å². The first kappa shape index (κ1) is 13.3. The number of nitrogens with zero attached hydrogens (tertiary/aromatic N) is 2. The lowest BCUT2D eigenvalue weighted by atomic mass is 10.1. The Kier molecular flexibility index (Phi) is 3.67. The summed E-state index contributed by atoms with van der Waals surface area (Å²) in [5, 5.41) is 22.3. The number of nitriles is 1. The summed E-state index contributed by atoms with van der Waals surface area (Å²) < 4.78 is 0. The largest absolute Gasteiger partial charge is 0.336 e. The van der Waals surface area contributed by atoms with Crippen molar-refractivity contribution < 1.29 is 9.72 Å². The lowest BCUT2D eigenvalue weighted by Crippen LogP contribution is -2.35. The van der Waals surface area contributed by atoms with E-state index in [4.69, 9.17) is 16.9 Å². The summed E-state index contributed by atoms with van der Waals surface area (Å²) in [4.78, 5) is 22.0. The maximum Gasteiger partial charge on any atom is 0.271 e. The van der Waals surface area contributed by atoms with Gasteiger partial charge < -0.3 is 5.32 Å². The van der Waals surface area contributed by atoms with Crippen LogP contribution in [0.1, 0.15) is 23.2 Å². The molecule has 7 heteroatoms. The number of non-ortho nitro benzene ring substituents is 1. The van der Waals surface area contributed by atoms with Crippen molar-refractivity contribution in [2.24, 2.45) is 5.92 Å². The average Bonchev–Trinajstić information content (AvgIpc) is 3.19. The molecule has 1 atom stereocenters. The van der Waals surface area contributed by atoms with E-state index in [-0.39, 0.29) is 22.2 Å². The number of carbonyl (C=O) groups excluding carboxylic acids is 1. The fourth-order valence-corrected chi connectivity index (χ4v) is 1.95. The zero-order chi connectivity index (χ0) is 14.0. The zero-order valence-corrected chi connectivity index (χ0v) is 10.6. The van der Waals surface area contributed by atoms with Crippen LogP contribution < -0.4 is 5.32 Å². The number of nitrogens with one attached hydrogen (secondary N) is 1. The molecule has 0 aliphatic heterocycles. The minimum Gasteiger partial charge on any atom is -0.336 e. The summed E-state index contributed by atoms with van der Waals surface area (Å²) in [6.07, 6.45) is 1.82. The standard InChI is InChI=1S/C12H10ClN3O3/c13-9-3-8(4-10(5-9)16(18)19)12(17)15-11(6-14)7-1-2-7/h3-5,7,11H,1-2H2,(H,15,17). The maximum absolute atomic E-state index is 11.9. The van der Waals surface area contributed by atoms with E-state index in [1.165, 1.54) is 12.1 Å². The molecule has 1 aliphatic carbocycles. The molecule has 98 valence electrons. The van der Waals surface area contributed by atoms with E-state index in [9.17, 15) is 14.9 Å². The second-order valence-electron chi connectivity index (χ2n) is 4.37. The summed E-state index contributed by atoms with van der Waals surface area (Å²) >= 11 is 5.73. The SMILES string of the molecule is N#CC(NC(=O)c1cc(Cl)cc([N+](=O)[O-])c1)C1CC1. The molecule has 1 aliphatic rings. The van der Waals surface area contributed by atoms with Crippen LogP contribution in [0.25, 0.3) is 0 Å². The molecule has 0 radical (unpaired) electrons. The minimum atomic E-state index is -0.620. The van der Waals surface area contributed by atoms with Crippen LogP contribution in [0.5, 0.6) is 0 Å². The van der Waals surface area contributed by atoms with Gasteiger partial charge in [0.15, 0.2) is 0 Å². The fourth-order valence-electron chi connectivity index (χ4n) is 1.72. The third kappa shape index (κ3) is 3.20. The second-order valence-corrected chi connectivity index (χ2v) is 4.81. The molecule has 0 aromatic heterocycles. The number of carbonyl (C=O) groups is 1. The van der Waals surface area contributed by atoms with Crippen molar-refractivity contribution in [1.82, 2.24) is 5.32 Å². The lowest BCUT2D eigenvalue weighted by Gasteiger charge is -2.10. The van der Waals surface area contributed by atoms with Gasteiger partial charge in [-0.3, -0.25) is 14.9 Å². The van der Waals surface area contributed by atoms with Crippen LogP contribution in [-0.2, 0) is 0 Å². The Labute approximate surface area is 114 Å². The van der Waals surface area contributed by atoms with Gasteiger partial charge in [0.25, 0.3) is 11.6 Å². The number of halogens is 1. The molecule has 0 heterocycles. The van der Waals surface area contributed by atoms with E-state index in [0.717, 1.165) is 18.9 Å². The Morgan fingerprint density at radius 2 is 2.21 bits per heavy atom. The molecule has 1 amide bonds. The highest BCUT2D eigenvalue weighted by Gasteiger charge is 2.32. The predicted molar refractivity (Wildman–Crippen MR) is 67.7 cm³/mol. The van der Waals surface area contributed by atoms with Crippen LogP contribution in [-0.4, -0.2) is 16.9 Å². The smallest absolute Gasteiger partial charge is 0.271 e. The molecule has 0 spiro atoms. The molecule has 0 saturated heterocycles. The van der Waals surface area contributed by atoms with Gasteiger partial charge in [0, 0.05) is 22.7 Å². The van der Waals surface area contributed by atoms with Gasteiger partial charge in [-0.15, -0.1) is 0 Å². The van der Waals surface area contributed by atoms with Gasteiger partial charge in [-0.1, -0.05) is 11.6 Å². The van der Waals surface area contributed by atoms with Crippen molar-refractivity contribution >= 4 is 23.2 Å². The lowest BCUT2D eigenvalue weighted by molar-refractivity contribution is -0.384. The Morgan fingerprint density at radius 3 is 2.74 bits per heavy atom. The van der Waals surface area contributed by atoms with E-state index >= 15 is 0 Å². The second kappa shape index (κ2) is 5.24. The number of nitro benzene ring substituents is 1.